The quantitative estimate of drug-likeness (QED) is 0.105. The molecule has 9 heteroatoms. The number of hydrogen-bond acceptors (Lipinski definition) is 7. The molecule has 0 N–H and O–H groups in total. The van der Waals surface area contributed by atoms with E-state index < -0.39 is 19.9 Å². The summed E-state index contributed by atoms with van der Waals surface area (Å²) in [4.78, 5) is 40.6. The van der Waals surface area contributed by atoms with E-state index >= 15 is 0 Å². The highest BCUT2D eigenvalue weighted by molar-refractivity contribution is 6.76. The molecule has 1 aliphatic rings. The highest BCUT2D eigenvalue weighted by Gasteiger charge is 2.46. The summed E-state index contributed by atoms with van der Waals surface area (Å²) in [6.45, 7) is 12.0. The molecule has 0 saturated heterocycles. The van der Waals surface area contributed by atoms with Gasteiger partial charge in [0.15, 0.2) is 5.78 Å². The predicted octanol–water partition coefficient (Wildman–Crippen LogP) is 6.08. The van der Waals surface area contributed by atoms with Crippen molar-refractivity contribution >= 4 is 30.7 Å². The zero-order chi connectivity index (χ0) is 29.6. The minimum Gasteiger partial charge on any atom is -0.494 e. The third kappa shape index (κ3) is 7.90. The monoisotopic (exact) mass is 577 g/mol. The predicted molar refractivity (Wildman–Crippen MR) is 163 cm³/mol. The Morgan fingerprint density at radius 3 is 2.49 bits per heavy atom. The fourth-order valence-corrected chi connectivity index (χ4v) is 6.21. The number of nitrogens with zero attached hydrogens (tertiary/aromatic N) is 3. The van der Waals surface area contributed by atoms with Crippen molar-refractivity contribution in [3.05, 3.63) is 63.9 Å². The molecule has 1 aliphatic carbocycles. The SMILES string of the molecule is CCCCCOc1ccc(C(=O)C2CCC(Cn3nnc4ccc(C)cc4c3=O)C2C(=O)OCC[Si](C)(C)C)cc1. The maximum atomic E-state index is 13.7. The van der Waals surface area contributed by atoms with Crippen molar-refractivity contribution in [3.8, 4) is 5.75 Å². The molecule has 1 heterocycles. The van der Waals surface area contributed by atoms with Gasteiger partial charge in [-0.25, -0.2) is 4.68 Å². The van der Waals surface area contributed by atoms with Gasteiger partial charge in [-0.1, -0.05) is 56.2 Å². The number of benzene rings is 2. The van der Waals surface area contributed by atoms with E-state index in [4.69, 9.17) is 9.47 Å². The van der Waals surface area contributed by atoms with Crippen molar-refractivity contribution in [1.29, 1.82) is 0 Å². The summed E-state index contributed by atoms with van der Waals surface area (Å²) in [7, 11) is -1.41. The maximum absolute atomic E-state index is 13.7. The van der Waals surface area contributed by atoms with Gasteiger partial charge in [-0.3, -0.25) is 14.4 Å². The molecule has 2 aromatic carbocycles. The molecule has 3 atom stereocenters. The number of hydrogen-bond donors (Lipinski definition) is 0. The van der Waals surface area contributed by atoms with Gasteiger partial charge in [0.2, 0.25) is 0 Å². The van der Waals surface area contributed by atoms with Crippen LogP contribution in [0.5, 0.6) is 5.75 Å². The lowest BCUT2D eigenvalue weighted by Gasteiger charge is -2.24. The maximum Gasteiger partial charge on any atom is 0.310 e. The third-order valence-corrected chi connectivity index (χ3v) is 9.64. The highest BCUT2D eigenvalue weighted by Crippen LogP contribution is 2.41. The highest BCUT2D eigenvalue weighted by atomic mass is 28.3. The van der Waals surface area contributed by atoms with E-state index in [9.17, 15) is 14.4 Å². The number of ketones is 1. The molecule has 0 spiro atoms. The van der Waals surface area contributed by atoms with Crippen molar-refractivity contribution < 1.29 is 19.1 Å². The number of esters is 1. The number of aryl methyl sites for hydroxylation is 1. The fourth-order valence-electron chi connectivity index (χ4n) is 5.49. The normalized spacial score (nSPS) is 18.9. The summed E-state index contributed by atoms with van der Waals surface area (Å²) >= 11 is 0. The molecular formula is C32H43N3O5Si. The molecule has 4 rings (SSSR count). The molecule has 3 aromatic rings. The smallest absolute Gasteiger partial charge is 0.310 e. The first-order chi connectivity index (χ1) is 19.6. The third-order valence-electron chi connectivity index (χ3n) is 7.94. The molecule has 220 valence electrons. The lowest BCUT2D eigenvalue weighted by molar-refractivity contribution is -0.150. The number of rotatable bonds is 13. The number of fused-ring (bicyclic) bond motifs is 1. The van der Waals surface area contributed by atoms with E-state index in [1.54, 1.807) is 18.2 Å². The number of unbranched alkanes of at least 4 members (excludes halogenated alkanes) is 2. The number of carbonyl (C=O) groups is 2. The van der Waals surface area contributed by atoms with Crippen LogP contribution >= 0.6 is 0 Å². The van der Waals surface area contributed by atoms with Crippen LogP contribution in [0.25, 0.3) is 10.9 Å². The Labute approximate surface area is 243 Å². The minimum atomic E-state index is -1.41. The van der Waals surface area contributed by atoms with Crippen molar-refractivity contribution in [3.63, 3.8) is 0 Å². The van der Waals surface area contributed by atoms with Crippen LogP contribution in [0.2, 0.25) is 25.7 Å². The van der Waals surface area contributed by atoms with E-state index in [1.165, 1.54) is 4.68 Å². The Kier molecular flexibility index (Phi) is 10.1. The molecule has 0 bridgehead atoms. The second-order valence-electron chi connectivity index (χ2n) is 12.5. The summed E-state index contributed by atoms with van der Waals surface area (Å²) in [5.74, 6) is -1.16. The van der Waals surface area contributed by atoms with Crippen LogP contribution in [-0.4, -0.2) is 48.0 Å². The van der Waals surface area contributed by atoms with Crippen LogP contribution < -0.4 is 10.3 Å². The largest absolute Gasteiger partial charge is 0.494 e. The molecule has 1 saturated carbocycles. The van der Waals surface area contributed by atoms with Gasteiger partial charge in [0.1, 0.15) is 11.3 Å². The molecule has 1 fully saturated rings. The second kappa shape index (κ2) is 13.6. The lowest BCUT2D eigenvalue weighted by Crippen LogP contribution is -2.36. The number of Topliss-reactive ketones (excluding diaryl/α,β-unsaturated/α-hetero) is 1. The summed E-state index contributed by atoms with van der Waals surface area (Å²) in [6, 6.07) is 13.5. The van der Waals surface area contributed by atoms with Gasteiger partial charge in [-0.05, 0) is 74.5 Å². The van der Waals surface area contributed by atoms with Crippen LogP contribution in [0.3, 0.4) is 0 Å². The average Bonchev–Trinajstić information content (AvgIpc) is 3.36. The Balaban J connectivity index is 1.54. The molecule has 1 aromatic heterocycles. The van der Waals surface area contributed by atoms with Gasteiger partial charge < -0.3 is 9.47 Å². The van der Waals surface area contributed by atoms with Gasteiger partial charge in [-0.15, -0.1) is 5.10 Å². The Bertz CT molecular complexity index is 1410. The second-order valence-corrected chi connectivity index (χ2v) is 18.1. The van der Waals surface area contributed by atoms with E-state index in [1.807, 2.05) is 31.2 Å². The zero-order valence-corrected chi connectivity index (χ0v) is 26.0. The molecule has 3 unspecified atom stereocenters. The van der Waals surface area contributed by atoms with E-state index in [0.717, 1.165) is 36.6 Å². The molecule has 0 amide bonds. The van der Waals surface area contributed by atoms with E-state index in [2.05, 4.69) is 36.9 Å². The molecule has 8 nitrogen and oxygen atoms in total. The first kappa shape index (κ1) is 30.6. The Morgan fingerprint density at radius 1 is 1.02 bits per heavy atom. The average molecular weight is 578 g/mol. The van der Waals surface area contributed by atoms with Gasteiger partial charge >= 0.3 is 5.97 Å². The first-order valence-corrected chi connectivity index (χ1v) is 18.6. The van der Waals surface area contributed by atoms with Crippen LogP contribution in [0.4, 0.5) is 0 Å². The number of carbonyl (C=O) groups excluding carboxylic acids is 2. The molecule has 41 heavy (non-hydrogen) atoms. The standard InChI is InChI=1S/C32H43N3O5Si/c1-6-7-8-17-39-25-13-10-23(11-14-25)30(36)26-15-12-24(29(26)32(38)40-18-19-41(3,4)5)21-35-31(37)27-20-22(2)9-16-28(27)33-34-35/h9-11,13-14,16,20,24,26,29H,6-8,12,15,17-19,21H2,1-5H3. The summed E-state index contributed by atoms with van der Waals surface area (Å²) in [6.07, 6.45) is 4.39. The van der Waals surface area contributed by atoms with Crippen molar-refractivity contribution in [2.45, 2.75) is 78.2 Å². The van der Waals surface area contributed by atoms with Gasteiger partial charge in [0.25, 0.3) is 5.56 Å². The minimum absolute atomic E-state index is 0.0789. The number of aromatic nitrogens is 3. The Hall–Kier alpha value is -3.33. The van der Waals surface area contributed by atoms with Gasteiger partial charge in [0, 0.05) is 19.6 Å². The molecule has 0 radical (unpaired) electrons. The van der Waals surface area contributed by atoms with E-state index in [-0.39, 0.29) is 29.8 Å². The van der Waals surface area contributed by atoms with Gasteiger partial charge in [-0.2, -0.15) is 0 Å². The lowest BCUT2D eigenvalue weighted by atomic mass is 9.84. The zero-order valence-electron chi connectivity index (χ0n) is 25.0. The number of ether oxygens (including phenoxy) is 2. The van der Waals surface area contributed by atoms with Gasteiger partial charge in [0.05, 0.1) is 31.1 Å². The summed E-state index contributed by atoms with van der Waals surface area (Å²) in [5, 5.41) is 8.90. The fraction of sp³-hybridized carbons (Fsp3) is 0.531. The molecular weight excluding hydrogens is 534 g/mol. The molecule has 0 aliphatic heterocycles. The van der Waals surface area contributed by atoms with Crippen molar-refractivity contribution in [2.24, 2.45) is 17.8 Å². The van der Waals surface area contributed by atoms with E-state index in [0.29, 0.717) is 42.5 Å². The topological polar surface area (TPSA) is 100 Å². The summed E-state index contributed by atoms with van der Waals surface area (Å²) in [5.41, 5.74) is 1.81. The first-order valence-electron chi connectivity index (χ1n) is 14.9. The van der Waals surface area contributed by atoms with Crippen molar-refractivity contribution in [2.75, 3.05) is 13.2 Å². The van der Waals surface area contributed by atoms with Crippen LogP contribution in [-0.2, 0) is 16.1 Å². The van der Waals surface area contributed by atoms with Crippen LogP contribution in [0, 0.1) is 24.7 Å². The Morgan fingerprint density at radius 2 is 1.78 bits per heavy atom. The van der Waals surface area contributed by atoms with Crippen molar-refractivity contribution in [1.82, 2.24) is 15.0 Å². The van der Waals surface area contributed by atoms with Crippen LogP contribution in [0.15, 0.2) is 47.3 Å². The summed E-state index contributed by atoms with van der Waals surface area (Å²) < 4.78 is 12.9. The van der Waals surface area contributed by atoms with Crippen LogP contribution in [0.1, 0.15) is 54.9 Å².